The van der Waals surface area contributed by atoms with E-state index >= 15 is 0 Å². The molecule has 1 aromatic carbocycles. The van der Waals surface area contributed by atoms with Gasteiger partial charge in [-0.15, -0.1) is 0 Å². The first kappa shape index (κ1) is 21.9. The van der Waals surface area contributed by atoms with Gasteiger partial charge in [-0.1, -0.05) is 24.9 Å². The Labute approximate surface area is 180 Å². The Morgan fingerprint density at radius 1 is 1.30 bits per heavy atom. The van der Waals surface area contributed by atoms with Crippen molar-refractivity contribution < 1.29 is 13.2 Å². The van der Waals surface area contributed by atoms with E-state index < -0.39 is 16.1 Å². The molecule has 0 spiro atoms. The molecule has 2 amide bonds. The standard InChI is InChI=1S/C20H24ClN5O3S/c1-4-5-10-22-20(27)24-30(28,29)12-9-17-14(2)23-25(3)19(17)26-11-8-15-13-16(21)6-7-18(15)26/h6-9,11-13H,4-5,10H2,1-3H3,(H2,22,24,27)/b12-9+. The summed E-state index contributed by atoms with van der Waals surface area (Å²) in [5.41, 5.74) is 2.19. The fourth-order valence-corrected chi connectivity index (χ4v) is 4.07. The topological polar surface area (TPSA) is 98.0 Å². The van der Waals surface area contributed by atoms with Gasteiger partial charge in [-0.25, -0.2) is 17.9 Å². The maximum absolute atomic E-state index is 12.3. The Bertz CT molecular complexity index is 1210. The van der Waals surface area contributed by atoms with Crippen LogP contribution in [0.1, 0.15) is 31.0 Å². The molecule has 0 fully saturated rings. The van der Waals surface area contributed by atoms with Crippen LogP contribution in [0.25, 0.3) is 22.8 Å². The predicted molar refractivity (Wildman–Crippen MR) is 119 cm³/mol. The van der Waals surface area contributed by atoms with E-state index in [2.05, 4.69) is 10.4 Å². The number of sulfonamides is 1. The lowest BCUT2D eigenvalue weighted by molar-refractivity contribution is 0.246. The first-order valence-electron chi connectivity index (χ1n) is 9.51. The van der Waals surface area contributed by atoms with Gasteiger partial charge in [0.2, 0.25) is 0 Å². The molecule has 30 heavy (non-hydrogen) atoms. The van der Waals surface area contributed by atoms with E-state index in [9.17, 15) is 13.2 Å². The SMILES string of the molecule is CCCCNC(=O)NS(=O)(=O)/C=C/c1c(C)nn(C)c1-n1ccc2cc(Cl)ccc21. The molecule has 2 aromatic heterocycles. The van der Waals surface area contributed by atoms with Gasteiger partial charge in [0.05, 0.1) is 16.6 Å². The van der Waals surface area contributed by atoms with Gasteiger partial charge >= 0.3 is 6.03 Å². The van der Waals surface area contributed by atoms with E-state index in [-0.39, 0.29) is 0 Å². The van der Waals surface area contributed by atoms with Crippen LogP contribution in [0.4, 0.5) is 4.79 Å². The lowest BCUT2D eigenvalue weighted by atomic mass is 10.2. The molecule has 0 radical (unpaired) electrons. The van der Waals surface area contributed by atoms with Crippen LogP contribution in [-0.2, 0) is 17.1 Å². The minimum Gasteiger partial charge on any atom is -0.337 e. The molecule has 0 aliphatic rings. The largest absolute Gasteiger partial charge is 0.337 e. The molecule has 2 heterocycles. The minimum absolute atomic E-state index is 0.415. The Morgan fingerprint density at radius 3 is 2.80 bits per heavy atom. The summed E-state index contributed by atoms with van der Waals surface area (Å²) < 4.78 is 30.2. The average Bonchev–Trinajstić information content (AvgIpc) is 3.18. The first-order valence-corrected chi connectivity index (χ1v) is 11.4. The molecule has 0 saturated heterocycles. The number of amides is 2. The van der Waals surface area contributed by atoms with E-state index in [0.29, 0.717) is 28.6 Å². The Balaban J connectivity index is 1.91. The smallest absolute Gasteiger partial charge is 0.328 e. The van der Waals surface area contributed by atoms with Gasteiger partial charge in [-0.3, -0.25) is 4.68 Å². The summed E-state index contributed by atoms with van der Waals surface area (Å²) in [5.74, 6) is 0.698. The van der Waals surface area contributed by atoms with Crippen LogP contribution in [0.3, 0.4) is 0 Å². The second-order valence-corrected chi connectivity index (χ2v) is 8.90. The number of unbranched alkanes of at least 4 members (excludes halogenated alkanes) is 1. The number of benzene rings is 1. The number of halogens is 1. The van der Waals surface area contributed by atoms with Gasteiger partial charge in [-0.2, -0.15) is 5.10 Å². The highest BCUT2D eigenvalue weighted by molar-refractivity contribution is 7.93. The number of carbonyl (C=O) groups is 1. The number of aromatic nitrogens is 3. The summed E-state index contributed by atoms with van der Waals surface area (Å²) >= 11 is 6.08. The van der Waals surface area contributed by atoms with Gasteiger partial charge in [-0.05, 0) is 43.7 Å². The number of nitrogens with zero attached hydrogens (tertiary/aromatic N) is 3. The van der Waals surface area contributed by atoms with Crippen molar-refractivity contribution in [2.45, 2.75) is 26.7 Å². The first-order chi connectivity index (χ1) is 14.2. The zero-order valence-corrected chi connectivity index (χ0v) is 18.6. The van der Waals surface area contributed by atoms with Crippen molar-refractivity contribution in [2.75, 3.05) is 6.54 Å². The zero-order valence-electron chi connectivity index (χ0n) is 17.0. The fraction of sp³-hybridized carbons (Fsp3) is 0.300. The quantitative estimate of drug-likeness (QED) is 0.537. The molecule has 0 aliphatic heterocycles. The number of nitrogens with one attached hydrogen (secondary N) is 2. The van der Waals surface area contributed by atoms with Crippen molar-refractivity contribution in [1.82, 2.24) is 24.4 Å². The van der Waals surface area contributed by atoms with E-state index in [0.717, 1.165) is 29.2 Å². The Morgan fingerprint density at radius 2 is 2.07 bits per heavy atom. The number of hydrogen-bond donors (Lipinski definition) is 2. The van der Waals surface area contributed by atoms with Gasteiger partial charge < -0.3 is 9.88 Å². The zero-order chi connectivity index (χ0) is 21.9. The van der Waals surface area contributed by atoms with Crippen molar-refractivity contribution in [2.24, 2.45) is 7.05 Å². The molecule has 3 rings (SSSR count). The molecule has 0 saturated carbocycles. The predicted octanol–water partition coefficient (Wildman–Crippen LogP) is 3.73. The Hall–Kier alpha value is -2.78. The number of rotatable bonds is 7. The van der Waals surface area contributed by atoms with Crippen LogP contribution in [-0.4, -0.2) is 35.3 Å². The highest BCUT2D eigenvalue weighted by Crippen LogP contribution is 2.27. The molecular formula is C20H24ClN5O3S. The van der Waals surface area contributed by atoms with E-state index in [1.54, 1.807) is 24.7 Å². The molecular weight excluding hydrogens is 426 g/mol. The number of fused-ring (bicyclic) bond motifs is 1. The summed E-state index contributed by atoms with van der Waals surface area (Å²) in [4.78, 5) is 11.8. The molecule has 0 bridgehead atoms. The van der Waals surface area contributed by atoms with E-state index in [1.165, 1.54) is 6.08 Å². The van der Waals surface area contributed by atoms with Crippen LogP contribution >= 0.6 is 11.6 Å². The van der Waals surface area contributed by atoms with Crippen molar-refractivity contribution in [3.05, 3.63) is 52.2 Å². The lowest BCUT2D eigenvalue weighted by Crippen LogP contribution is -2.38. The highest BCUT2D eigenvalue weighted by atomic mass is 35.5. The number of aryl methyl sites for hydroxylation is 2. The van der Waals surface area contributed by atoms with E-state index in [4.69, 9.17) is 11.6 Å². The van der Waals surface area contributed by atoms with Gasteiger partial charge in [0.1, 0.15) is 5.82 Å². The van der Waals surface area contributed by atoms with Gasteiger partial charge in [0.15, 0.2) is 0 Å². The lowest BCUT2D eigenvalue weighted by Gasteiger charge is -2.08. The van der Waals surface area contributed by atoms with Crippen LogP contribution in [0.15, 0.2) is 35.9 Å². The molecule has 0 atom stereocenters. The number of carbonyl (C=O) groups excluding carboxylic acids is 1. The summed E-state index contributed by atoms with van der Waals surface area (Å²) in [7, 11) is -2.18. The molecule has 10 heteroatoms. The maximum atomic E-state index is 12.3. The Kier molecular flexibility index (Phi) is 6.52. The number of urea groups is 1. The van der Waals surface area contributed by atoms with Crippen molar-refractivity contribution in [3.8, 4) is 5.82 Å². The maximum Gasteiger partial charge on any atom is 0.328 e. The fourth-order valence-electron chi connectivity index (χ4n) is 3.18. The molecule has 0 unspecified atom stereocenters. The highest BCUT2D eigenvalue weighted by Gasteiger charge is 2.17. The molecule has 2 N–H and O–H groups in total. The molecule has 160 valence electrons. The second-order valence-electron chi connectivity index (χ2n) is 6.89. The minimum atomic E-state index is -3.96. The average molecular weight is 450 g/mol. The molecule has 8 nitrogen and oxygen atoms in total. The van der Waals surface area contributed by atoms with Crippen molar-refractivity contribution in [1.29, 1.82) is 0 Å². The van der Waals surface area contributed by atoms with Crippen LogP contribution in [0, 0.1) is 6.92 Å². The van der Waals surface area contributed by atoms with Crippen molar-refractivity contribution in [3.63, 3.8) is 0 Å². The van der Waals surface area contributed by atoms with Gasteiger partial charge in [0, 0.05) is 35.8 Å². The monoisotopic (exact) mass is 449 g/mol. The third-order valence-electron chi connectivity index (χ3n) is 4.58. The summed E-state index contributed by atoms with van der Waals surface area (Å²) in [6.45, 7) is 4.19. The summed E-state index contributed by atoms with van der Waals surface area (Å²) in [6, 6.07) is 6.73. The van der Waals surface area contributed by atoms with Crippen molar-refractivity contribution >= 4 is 44.6 Å². The summed E-state index contributed by atoms with van der Waals surface area (Å²) in [6.07, 6.45) is 5.00. The summed E-state index contributed by atoms with van der Waals surface area (Å²) in [5, 5.41) is 9.51. The second kappa shape index (κ2) is 8.93. The third kappa shape index (κ3) is 4.85. The normalized spacial score (nSPS) is 12.0. The molecule has 0 aliphatic carbocycles. The van der Waals surface area contributed by atoms with Crippen LogP contribution in [0.5, 0.6) is 0 Å². The van der Waals surface area contributed by atoms with Crippen LogP contribution in [0.2, 0.25) is 5.02 Å². The van der Waals surface area contributed by atoms with E-state index in [1.807, 2.05) is 40.6 Å². The van der Waals surface area contributed by atoms with Crippen LogP contribution < -0.4 is 10.0 Å². The molecule has 3 aromatic rings. The number of hydrogen-bond acceptors (Lipinski definition) is 4. The van der Waals surface area contributed by atoms with Gasteiger partial charge in [0.25, 0.3) is 10.0 Å². The third-order valence-corrected chi connectivity index (χ3v) is 5.78.